The molecule has 4 heteroatoms. The first kappa shape index (κ1) is 10.9. The number of halogens is 1. The molecule has 0 radical (unpaired) electrons. The molecule has 0 spiro atoms. The minimum atomic E-state index is -0.118. The van der Waals surface area contributed by atoms with Gasteiger partial charge in [0.2, 0.25) is 0 Å². The van der Waals surface area contributed by atoms with Crippen LogP contribution < -0.4 is 0 Å². The number of nitrogens with zero attached hydrogens (tertiary/aromatic N) is 1. The molecule has 0 unspecified atom stereocenters. The zero-order valence-corrected chi connectivity index (χ0v) is 10.5. The van der Waals surface area contributed by atoms with Gasteiger partial charge in [0.05, 0.1) is 5.56 Å². The Morgan fingerprint density at radius 1 is 1.40 bits per heavy atom. The van der Waals surface area contributed by atoms with Gasteiger partial charge in [0.1, 0.15) is 0 Å². The molecule has 0 saturated carbocycles. The van der Waals surface area contributed by atoms with Crippen molar-refractivity contribution in [1.82, 2.24) is 0 Å². The molecule has 0 fully saturated rings. The molecular formula is C11H10BrNOS. The van der Waals surface area contributed by atoms with Crippen LogP contribution in [0.25, 0.3) is 0 Å². The maximum absolute atomic E-state index is 11.3. The molecule has 1 heterocycles. The zero-order chi connectivity index (χ0) is 10.7. The summed E-state index contributed by atoms with van der Waals surface area (Å²) in [5.74, 6) is 0.942. The van der Waals surface area contributed by atoms with Crippen molar-refractivity contribution in [2.24, 2.45) is 4.99 Å². The quantitative estimate of drug-likeness (QED) is 0.483. The van der Waals surface area contributed by atoms with Crippen LogP contribution in [0.1, 0.15) is 22.3 Å². The molecule has 0 atom stereocenters. The van der Waals surface area contributed by atoms with Crippen LogP contribution in [0.4, 0.5) is 0 Å². The van der Waals surface area contributed by atoms with Crippen molar-refractivity contribution < 1.29 is 4.79 Å². The fourth-order valence-corrected chi connectivity index (χ4v) is 3.07. The van der Waals surface area contributed by atoms with Crippen LogP contribution in [0.5, 0.6) is 0 Å². The third-order valence-corrected chi connectivity index (χ3v) is 3.86. The summed E-state index contributed by atoms with van der Waals surface area (Å²) >= 11 is 5.18. The van der Waals surface area contributed by atoms with E-state index in [1.807, 2.05) is 18.2 Å². The van der Waals surface area contributed by atoms with E-state index in [-0.39, 0.29) is 5.91 Å². The van der Waals surface area contributed by atoms with E-state index in [4.69, 9.17) is 0 Å². The second-order valence-corrected chi connectivity index (χ2v) is 5.10. The first-order valence-corrected chi connectivity index (χ1v) is 6.84. The molecule has 2 rings (SSSR count). The van der Waals surface area contributed by atoms with Gasteiger partial charge in [-0.15, -0.1) is 11.8 Å². The molecule has 1 aromatic carbocycles. The lowest BCUT2D eigenvalue weighted by Gasteiger charge is -2.04. The Kier molecular flexibility index (Phi) is 3.59. The largest absolute Gasteiger partial charge is 0.277 e. The molecule has 1 aliphatic heterocycles. The Balaban J connectivity index is 2.19. The highest BCUT2D eigenvalue weighted by molar-refractivity contribution is 9.09. The van der Waals surface area contributed by atoms with Crippen LogP contribution in [0.2, 0.25) is 0 Å². The number of amides is 1. The zero-order valence-electron chi connectivity index (χ0n) is 8.07. The van der Waals surface area contributed by atoms with Crippen LogP contribution in [0.15, 0.2) is 28.1 Å². The maximum Gasteiger partial charge on any atom is 0.277 e. The van der Waals surface area contributed by atoms with Gasteiger partial charge in [0, 0.05) is 22.0 Å². The first-order chi connectivity index (χ1) is 7.33. The average molecular weight is 284 g/mol. The molecule has 0 bridgehead atoms. The van der Waals surface area contributed by atoms with E-state index in [1.54, 1.807) is 18.0 Å². The van der Waals surface area contributed by atoms with Gasteiger partial charge in [-0.3, -0.25) is 4.79 Å². The van der Waals surface area contributed by atoms with Crippen molar-refractivity contribution in [3.05, 3.63) is 29.3 Å². The lowest BCUT2D eigenvalue weighted by Crippen LogP contribution is -1.93. The number of hydrogen-bond acceptors (Lipinski definition) is 2. The molecule has 0 saturated heterocycles. The number of carbonyl (C=O) groups is 1. The predicted octanol–water partition coefficient (Wildman–Crippen LogP) is 3.14. The normalized spacial score (nSPS) is 13.3. The number of carbonyl (C=O) groups excluding carboxylic acids is 1. The molecule has 1 aromatic rings. The summed E-state index contributed by atoms with van der Waals surface area (Å²) in [5.41, 5.74) is 1.72. The molecule has 78 valence electrons. The number of aliphatic imine (C=N–C) groups is 1. The van der Waals surface area contributed by atoms with Crippen molar-refractivity contribution >= 4 is 39.8 Å². The van der Waals surface area contributed by atoms with E-state index in [2.05, 4.69) is 20.9 Å². The van der Waals surface area contributed by atoms with Crippen LogP contribution >= 0.6 is 27.7 Å². The Morgan fingerprint density at radius 2 is 2.27 bits per heavy atom. The Hall–Kier alpha value is -0.610. The van der Waals surface area contributed by atoms with Gasteiger partial charge in [-0.25, -0.2) is 4.99 Å². The average Bonchev–Trinajstić information content (AvgIpc) is 2.62. The molecular weight excluding hydrogens is 274 g/mol. The fraction of sp³-hybridized carbons (Fsp3) is 0.273. The maximum atomic E-state index is 11.3. The molecule has 0 aliphatic carbocycles. The summed E-state index contributed by atoms with van der Waals surface area (Å²) < 4.78 is 0. The topological polar surface area (TPSA) is 29.4 Å². The van der Waals surface area contributed by atoms with Crippen molar-refractivity contribution in [3.8, 4) is 0 Å². The molecule has 15 heavy (non-hydrogen) atoms. The fourth-order valence-electron chi connectivity index (χ4n) is 1.42. The highest BCUT2D eigenvalue weighted by atomic mass is 79.9. The third-order valence-electron chi connectivity index (χ3n) is 2.14. The predicted molar refractivity (Wildman–Crippen MR) is 67.5 cm³/mol. The number of alkyl halides is 1. The monoisotopic (exact) mass is 283 g/mol. The second-order valence-electron chi connectivity index (χ2n) is 3.17. The Bertz CT molecular complexity index is 417. The van der Waals surface area contributed by atoms with Crippen LogP contribution in [0.3, 0.4) is 0 Å². The standard InChI is InChI=1S/C11H10BrNOS/c12-5-2-6-15-10-4-1-3-8-9(10)7-13-11(8)14/h1,3-4,7H,2,5-6H2. The van der Waals surface area contributed by atoms with Gasteiger partial charge in [0.25, 0.3) is 5.91 Å². The number of thioether (sulfide) groups is 1. The summed E-state index contributed by atoms with van der Waals surface area (Å²) in [6.07, 6.45) is 2.80. The second kappa shape index (κ2) is 4.94. The highest BCUT2D eigenvalue weighted by Crippen LogP contribution is 2.27. The minimum Gasteiger partial charge on any atom is -0.267 e. The van der Waals surface area contributed by atoms with E-state index in [0.29, 0.717) is 0 Å². The Labute approximate surface area is 101 Å². The number of rotatable bonds is 4. The summed E-state index contributed by atoms with van der Waals surface area (Å²) in [4.78, 5) is 16.3. The summed E-state index contributed by atoms with van der Waals surface area (Å²) in [7, 11) is 0. The summed E-state index contributed by atoms with van der Waals surface area (Å²) in [5, 5.41) is 1.02. The van der Waals surface area contributed by atoms with Crippen molar-refractivity contribution in [2.75, 3.05) is 11.1 Å². The van der Waals surface area contributed by atoms with Crippen LogP contribution in [-0.4, -0.2) is 23.2 Å². The lowest BCUT2D eigenvalue weighted by atomic mass is 10.1. The van der Waals surface area contributed by atoms with Gasteiger partial charge < -0.3 is 0 Å². The van der Waals surface area contributed by atoms with Gasteiger partial charge in [-0.1, -0.05) is 22.0 Å². The van der Waals surface area contributed by atoms with Gasteiger partial charge in [0.15, 0.2) is 0 Å². The van der Waals surface area contributed by atoms with E-state index >= 15 is 0 Å². The number of benzene rings is 1. The lowest BCUT2D eigenvalue weighted by molar-refractivity contribution is 0.101. The molecule has 1 amide bonds. The van der Waals surface area contributed by atoms with E-state index in [1.165, 1.54) is 0 Å². The third kappa shape index (κ3) is 2.32. The smallest absolute Gasteiger partial charge is 0.267 e. The summed E-state index contributed by atoms with van der Waals surface area (Å²) in [6, 6.07) is 5.80. The van der Waals surface area contributed by atoms with E-state index in [0.717, 1.165) is 33.5 Å². The van der Waals surface area contributed by atoms with Crippen LogP contribution in [-0.2, 0) is 0 Å². The number of fused-ring (bicyclic) bond motifs is 1. The van der Waals surface area contributed by atoms with Crippen molar-refractivity contribution in [1.29, 1.82) is 0 Å². The van der Waals surface area contributed by atoms with Gasteiger partial charge >= 0.3 is 0 Å². The molecule has 0 aromatic heterocycles. The van der Waals surface area contributed by atoms with E-state index in [9.17, 15) is 4.79 Å². The van der Waals surface area contributed by atoms with E-state index < -0.39 is 0 Å². The molecule has 1 aliphatic rings. The van der Waals surface area contributed by atoms with Crippen molar-refractivity contribution in [2.45, 2.75) is 11.3 Å². The minimum absolute atomic E-state index is 0.118. The first-order valence-electron chi connectivity index (χ1n) is 4.73. The Morgan fingerprint density at radius 3 is 3.07 bits per heavy atom. The SMILES string of the molecule is O=C1N=Cc2c(SCCCBr)cccc21. The molecule has 0 N–H and O–H groups in total. The summed E-state index contributed by atoms with van der Waals surface area (Å²) in [6.45, 7) is 0. The molecule has 2 nitrogen and oxygen atoms in total. The van der Waals surface area contributed by atoms with Crippen molar-refractivity contribution in [3.63, 3.8) is 0 Å². The van der Waals surface area contributed by atoms with Gasteiger partial charge in [-0.05, 0) is 24.3 Å². The highest BCUT2D eigenvalue weighted by Gasteiger charge is 2.17. The number of hydrogen-bond donors (Lipinski definition) is 0. The van der Waals surface area contributed by atoms with Gasteiger partial charge in [-0.2, -0.15) is 0 Å². The van der Waals surface area contributed by atoms with Crippen LogP contribution in [0, 0.1) is 0 Å².